The fraction of sp³-hybridized carbons (Fsp3) is 0.417. The van der Waals surface area contributed by atoms with Gasteiger partial charge in [0.15, 0.2) is 0 Å². The first-order chi connectivity index (χ1) is 8.84. The average Bonchev–Trinajstić information content (AvgIpc) is 2.30. The minimum atomic E-state index is -4.53. The molecule has 0 unspecified atom stereocenters. The lowest BCUT2D eigenvalue weighted by molar-refractivity contribution is -0.137. The second kappa shape index (κ2) is 7.14. The Morgan fingerprint density at radius 2 is 2.00 bits per heavy atom. The van der Waals surface area contributed by atoms with E-state index in [1.165, 1.54) is 6.07 Å². The van der Waals surface area contributed by atoms with Gasteiger partial charge in [-0.2, -0.15) is 13.2 Å². The minimum Gasteiger partial charge on any atom is -0.326 e. The summed E-state index contributed by atoms with van der Waals surface area (Å²) in [5.74, 6) is -0.309. The number of carbonyl (C=O) groups is 1. The molecule has 1 aromatic carbocycles. The first-order valence-corrected chi connectivity index (χ1v) is 7.07. The Hall–Kier alpha value is -0.750. The van der Waals surface area contributed by atoms with Gasteiger partial charge >= 0.3 is 6.18 Å². The van der Waals surface area contributed by atoms with Crippen LogP contribution in [0.15, 0.2) is 18.2 Å². The molecule has 1 amide bonds. The quantitative estimate of drug-likeness (QED) is 0.591. The molecule has 1 rings (SSSR count). The maximum atomic E-state index is 12.6. The molecule has 0 aliphatic heterocycles. The minimum absolute atomic E-state index is 0.0977. The SMILES string of the molecule is O=C(CCCCBr)Nc1ccc(Cl)c(C(F)(F)F)c1. The number of halogens is 5. The van der Waals surface area contributed by atoms with Gasteiger partial charge in [0.1, 0.15) is 0 Å². The Labute approximate surface area is 122 Å². The number of benzene rings is 1. The van der Waals surface area contributed by atoms with Crippen molar-refractivity contribution in [3.63, 3.8) is 0 Å². The van der Waals surface area contributed by atoms with Crippen molar-refractivity contribution in [2.75, 3.05) is 10.6 Å². The van der Waals surface area contributed by atoms with E-state index in [-0.39, 0.29) is 23.0 Å². The van der Waals surface area contributed by atoms with Crippen molar-refractivity contribution in [2.24, 2.45) is 0 Å². The molecule has 0 spiro atoms. The molecule has 0 bridgehead atoms. The Morgan fingerprint density at radius 3 is 2.58 bits per heavy atom. The predicted octanol–water partition coefficient (Wildman–Crippen LogP) is 4.86. The van der Waals surface area contributed by atoms with Gasteiger partial charge in [-0.25, -0.2) is 0 Å². The lowest BCUT2D eigenvalue weighted by Gasteiger charge is -2.11. The van der Waals surface area contributed by atoms with Gasteiger partial charge < -0.3 is 5.32 Å². The van der Waals surface area contributed by atoms with Crippen LogP contribution >= 0.6 is 27.5 Å². The number of rotatable bonds is 5. The maximum Gasteiger partial charge on any atom is 0.417 e. The van der Waals surface area contributed by atoms with E-state index >= 15 is 0 Å². The first kappa shape index (κ1) is 16.3. The summed E-state index contributed by atoms with van der Waals surface area (Å²) < 4.78 is 37.8. The summed E-state index contributed by atoms with van der Waals surface area (Å²) in [5.41, 5.74) is -0.854. The first-order valence-electron chi connectivity index (χ1n) is 5.57. The largest absolute Gasteiger partial charge is 0.417 e. The van der Waals surface area contributed by atoms with Crippen LogP contribution in [0.2, 0.25) is 5.02 Å². The third kappa shape index (κ3) is 5.40. The molecule has 1 N–H and O–H groups in total. The molecule has 106 valence electrons. The highest BCUT2D eigenvalue weighted by molar-refractivity contribution is 9.09. The Bertz CT molecular complexity index is 451. The molecule has 19 heavy (non-hydrogen) atoms. The normalized spacial score (nSPS) is 11.4. The Kier molecular flexibility index (Phi) is 6.13. The van der Waals surface area contributed by atoms with Gasteiger partial charge in [-0.1, -0.05) is 27.5 Å². The lowest BCUT2D eigenvalue weighted by atomic mass is 10.2. The van der Waals surface area contributed by atoms with E-state index in [1.54, 1.807) is 0 Å². The number of hydrogen-bond acceptors (Lipinski definition) is 1. The zero-order chi connectivity index (χ0) is 14.5. The van der Waals surface area contributed by atoms with Crippen LogP contribution in [0.4, 0.5) is 18.9 Å². The van der Waals surface area contributed by atoms with Gasteiger partial charge in [0.05, 0.1) is 10.6 Å². The van der Waals surface area contributed by atoms with Gasteiger partial charge in [-0.15, -0.1) is 0 Å². The van der Waals surface area contributed by atoms with Crippen LogP contribution in [0, 0.1) is 0 Å². The van der Waals surface area contributed by atoms with E-state index in [2.05, 4.69) is 21.2 Å². The van der Waals surface area contributed by atoms with Crippen LogP contribution in [0.3, 0.4) is 0 Å². The van der Waals surface area contributed by atoms with Crippen molar-refractivity contribution >= 4 is 39.1 Å². The molecule has 0 atom stereocenters. The molecule has 0 radical (unpaired) electrons. The van der Waals surface area contributed by atoms with Crippen molar-refractivity contribution < 1.29 is 18.0 Å². The molecule has 0 saturated carbocycles. The summed E-state index contributed by atoms with van der Waals surface area (Å²) in [5, 5.41) is 2.83. The summed E-state index contributed by atoms with van der Waals surface area (Å²) in [6, 6.07) is 3.31. The molecular formula is C12H12BrClF3NO. The van der Waals surface area contributed by atoms with Crippen LogP contribution in [0.1, 0.15) is 24.8 Å². The fourth-order valence-corrected chi connectivity index (χ4v) is 2.04. The van der Waals surface area contributed by atoms with Gasteiger partial charge in [-0.3, -0.25) is 4.79 Å². The predicted molar refractivity (Wildman–Crippen MR) is 72.7 cm³/mol. The monoisotopic (exact) mass is 357 g/mol. The van der Waals surface area contributed by atoms with Crippen molar-refractivity contribution in [1.82, 2.24) is 0 Å². The van der Waals surface area contributed by atoms with Crippen LogP contribution < -0.4 is 5.32 Å². The standard InChI is InChI=1S/C12H12BrClF3NO/c13-6-2-1-3-11(19)18-8-4-5-10(14)9(7-8)12(15,16)17/h4-5,7H,1-3,6H2,(H,18,19). The average molecular weight is 359 g/mol. The number of hydrogen-bond donors (Lipinski definition) is 1. The molecule has 0 saturated heterocycles. The Morgan fingerprint density at radius 1 is 1.32 bits per heavy atom. The second-order valence-corrected chi connectivity index (χ2v) is 5.09. The van der Waals surface area contributed by atoms with E-state index in [0.29, 0.717) is 6.42 Å². The lowest BCUT2D eigenvalue weighted by Crippen LogP contribution is -2.13. The third-order valence-corrected chi connectivity index (χ3v) is 3.23. The van der Waals surface area contributed by atoms with Crippen molar-refractivity contribution in [3.8, 4) is 0 Å². The number of nitrogens with one attached hydrogen (secondary N) is 1. The van der Waals surface area contributed by atoms with Crippen molar-refractivity contribution in [3.05, 3.63) is 28.8 Å². The summed E-state index contributed by atoms with van der Waals surface area (Å²) in [6.07, 6.45) is -2.75. The Balaban J connectivity index is 2.72. The van der Waals surface area contributed by atoms with E-state index in [1.807, 2.05) is 0 Å². The number of amides is 1. The van der Waals surface area contributed by atoms with E-state index in [0.717, 1.165) is 23.9 Å². The summed E-state index contributed by atoms with van der Waals surface area (Å²) in [7, 11) is 0. The van der Waals surface area contributed by atoms with Crippen LogP contribution in [0.5, 0.6) is 0 Å². The number of unbranched alkanes of at least 4 members (excludes halogenated alkanes) is 1. The summed E-state index contributed by atoms with van der Waals surface area (Å²) >= 11 is 8.72. The van der Waals surface area contributed by atoms with E-state index in [9.17, 15) is 18.0 Å². The molecule has 0 aliphatic carbocycles. The number of carbonyl (C=O) groups excluding carboxylic acids is 1. The molecule has 0 heterocycles. The van der Waals surface area contributed by atoms with Crippen LogP contribution in [-0.4, -0.2) is 11.2 Å². The summed E-state index contributed by atoms with van der Waals surface area (Å²) in [6.45, 7) is 0. The van der Waals surface area contributed by atoms with Crippen molar-refractivity contribution in [1.29, 1.82) is 0 Å². The molecule has 0 aliphatic rings. The zero-order valence-electron chi connectivity index (χ0n) is 9.86. The molecular weight excluding hydrogens is 346 g/mol. The number of anilines is 1. The fourth-order valence-electron chi connectivity index (χ4n) is 1.42. The van der Waals surface area contributed by atoms with Gasteiger partial charge in [-0.05, 0) is 31.0 Å². The van der Waals surface area contributed by atoms with Crippen LogP contribution in [-0.2, 0) is 11.0 Å². The van der Waals surface area contributed by atoms with E-state index in [4.69, 9.17) is 11.6 Å². The molecule has 0 fully saturated rings. The highest BCUT2D eigenvalue weighted by atomic mass is 79.9. The van der Waals surface area contributed by atoms with Gasteiger partial charge in [0.25, 0.3) is 0 Å². The summed E-state index contributed by atoms with van der Waals surface area (Å²) in [4.78, 5) is 11.5. The zero-order valence-corrected chi connectivity index (χ0v) is 12.2. The van der Waals surface area contributed by atoms with Gasteiger partial charge in [0.2, 0.25) is 5.91 Å². The van der Waals surface area contributed by atoms with Crippen molar-refractivity contribution in [2.45, 2.75) is 25.4 Å². The topological polar surface area (TPSA) is 29.1 Å². The second-order valence-electron chi connectivity index (χ2n) is 3.89. The van der Waals surface area contributed by atoms with Gasteiger partial charge in [0, 0.05) is 17.4 Å². The maximum absolute atomic E-state index is 12.6. The highest BCUT2D eigenvalue weighted by Gasteiger charge is 2.33. The van der Waals surface area contributed by atoms with Crippen LogP contribution in [0.25, 0.3) is 0 Å². The molecule has 0 aromatic heterocycles. The third-order valence-electron chi connectivity index (χ3n) is 2.34. The van der Waals surface area contributed by atoms with E-state index < -0.39 is 11.7 Å². The molecule has 2 nitrogen and oxygen atoms in total. The highest BCUT2D eigenvalue weighted by Crippen LogP contribution is 2.36. The smallest absolute Gasteiger partial charge is 0.326 e. The molecule has 7 heteroatoms. The molecule has 1 aromatic rings. The number of alkyl halides is 4.